The van der Waals surface area contributed by atoms with Crippen LogP contribution in [0.2, 0.25) is 0 Å². The molecule has 5 rings (SSSR count). The van der Waals surface area contributed by atoms with Gasteiger partial charge in [0.25, 0.3) is 0 Å². The molecule has 0 saturated carbocycles. The van der Waals surface area contributed by atoms with Crippen molar-refractivity contribution in [1.82, 2.24) is 4.98 Å². The number of fused-ring (bicyclic) bond motifs is 4. The van der Waals surface area contributed by atoms with E-state index in [0.29, 0.717) is 0 Å². The SMILES string of the molecule is Cc1cccc2c1sc1c(-c3cccc4ccccc34)nccc12. The fraction of sp³-hybridized carbons (Fsp3) is 0.0455. The lowest BCUT2D eigenvalue weighted by molar-refractivity contribution is 1.37. The fourth-order valence-electron chi connectivity index (χ4n) is 3.49. The monoisotopic (exact) mass is 325 g/mol. The van der Waals surface area contributed by atoms with E-state index in [4.69, 9.17) is 4.98 Å². The maximum absolute atomic E-state index is 4.76. The molecule has 5 aromatic rings. The first-order valence-electron chi connectivity index (χ1n) is 8.08. The van der Waals surface area contributed by atoms with Crippen molar-refractivity contribution in [2.75, 3.05) is 0 Å². The third kappa shape index (κ3) is 1.90. The normalized spacial score (nSPS) is 11.5. The molecule has 0 amide bonds. The molecule has 0 aliphatic heterocycles. The van der Waals surface area contributed by atoms with E-state index in [1.807, 2.05) is 17.5 Å². The molecular weight excluding hydrogens is 310 g/mol. The number of aryl methyl sites for hydroxylation is 1. The van der Waals surface area contributed by atoms with E-state index in [-0.39, 0.29) is 0 Å². The van der Waals surface area contributed by atoms with Crippen molar-refractivity contribution in [2.24, 2.45) is 0 Å². The molecule has 3 aromatic carbocycles. The van der Waals surface area contributed by atoms with Crippen LogP contribution in [0, 0.1) is 6.92 Å². The number of hydrogen-bond acceptors (Lipinski definition) is 2. The molecular formula is C22H15NS. The summed E-state index contributed by atoms with van der Waals surface area (Å²) < 4.78 is 2.64. The minimum atomic E-state index is 1.09. The molecule has 0 atom stereocenters. The second kappa shape index (κ2) is 5.15. The van der Waals surface area contributed by atoms with Crippen LogP contribution < -0.4 is 0 Å². The fourth-order valence-corrected chi connectivity index (χ4v) is 4.76. The van der Waals surface area contributed by atoms with Gasteiger partial charge in [0.15, 0.2) is 0 Å². The third-order valence-corrected chi connectivity index (χ3v) is 6.02. The summed E-state index contributed by atoms with van der Waals surface area (Å²) >= 11 is 1.86. The average Bonchev–Trinajstić information content (AvgIpc) is 3.02. The van der Waals surface area contributed by atoms with Crippen molar-refractivity contribution < 1.29 is 0 Å². The van der Waals surface area contributed by atoms with Crippen LogP contribution in [0.3, 0.4) is 0 Å². The van der Waals surface area contributed by atoms with Crippen LogP contribution in [0.25, 0.3) is 42.2 Å². The summed E-state index contributed by atoms with van der Waals surface area (Å²) in [5.74, 6) is 0. The summed E-state index contributed by atoms with van der Waals surface area (Å²) in [6.45, 7) is 2.18. The van der Waals surface area contributed by atoms with E-state index < -0.39 is 0 Å². The van der Waals surface area contributed by atoms with Gasteiger partial charge in [0, 0.05) is 27.2 Å². The summed E-state index contributed by atoms with van der Waals surface area (Å²) in [6.07, 6.45) is 1.94. The highest BCUT2D eigenvalue weighted by molar-refractivity contribution is 7.26. The molecule has 0 spiro atoms. The Kier molecular flexibility index (Phi) is 2.94. The van der Waals surface area contributed by atoms with E-state index >= 15 is 0 Å². The number of hydrogen-bond donors (Lipinski definition) is 0. The van der Waals surface area contributed by atoms with Gasteiger partial charge in [-0.1, -0.05) is 60.7 Å². The van der Waals surface area contributed by atoms with Gasteiger partial charge in [-0.15, -0.1) is 11.3 Å². The van der Waals surface area contributed by atoms with Gasteiger partial charge < -0.3 is 0 Å². The highest BCUT2D eigenvalue weighted by Gasteiger charge is 2.14. The highest BCUT2D eigenvalue weighted by Crippen LogP contribution is 2.41. The first kappa shape index (κ1) is 13.7. The molecule has 0 aliphatic carbocycles. The van der Waals surface area contributed by atoms with Crippen molar-refractivity contribution in [3.63, 3.8) is 0 Å². The summed E-state index contributed by atoms with van der Waals surface area (Å²) in [7, 11) is 0. The zero-order valence-corrected chi connectivity index (χ0v) is 14.1. The Morgan fingerprint density at radius 2 is 1.46 bits per heavy atom. The van der Waals surface area contributed by atoms with Gasteiger partial charge in [0.2, 0.25) is 0 Å². The summed E-state index contributed by atoms with van der Waals surface area (Å²) in [4.78, 5) is 4.76. The van der Waals surface area contributed by atoms with Crippen LogP contribution in [0.15, 0.2) is 72.9 Å². The standard InChI is InChI=1S/C22H15NS/c1-14-6-4-11-18-19-12-13-23-20(22(19)24-21(14)18)17-10-5-8-15-7-2-3-9-16(15)17/h2-13H,1H3. The lowest BCUT2D eigenvalue weighted by Crippen LogP contribution is -1.85. The van der Waals surface area contributed by atoms with Gasteiger partial charge >= 0.3 is 0 Å². The van der Waals surface area contributed by atoms with Crippen molar-refractivity contribution in [3.05, 3.63) is 78.5 Å². The third-order valence-electron chi connectivity index (χ3n) is 4.66. The number of rotatable bonds is 1. The lowest BCUT2D eigenvalue weighted by Gasteiger charge is -2.07. The molecule has 0 radical (unpaired) electrons. The Bertz CT molecular complexity index is 1210. The van der Waals surface area contributed by atoms with Gasteiger partial charge in [-0.25, -0.2) is 0 Å². The van der Waals surface area contributed by atoms with Crippen molar-refractivity contribution in [2.45, 2.75) is 6.92 Å². The number of benzene rings is 3. The average molecular weight is 325 g/mol. The second-order valence-corrected chi connectivity index (χ2v) is 7.14. The zero-order valence-electron chi connectivity index (χ0n) is 13.3. The molecule has 24 heavy (non-hydrogen) atoms. The summed E-state index contributed by atoms with van der Waals surface area (Å²) in [5, 5.41) is 5.15. The van der Waals surface area contributed by atoms with Crippen LogP contribution in [0.4, 0.5) is 0 Å². The first-order valence-corrected chi connectivity index (χ1v) is 8.89. The molecule has 2 heterocycles. The first-order chi connectivity index (χ1) is 11.8. The second-order valence-electron chi connectivity index (χ2n) is 6.12. The molecule has 1 nitrogen and oxygen atoms in total. The minimum absolute atomic E-state index is 1.09. The Labute approximate surface area is 144 Å². The topological polar surface area (TPSA) is 12.9 Å². The summed E-state index contributed by atoms with van der Waals surface area (Å²) in [6, 6.07) is 23.7. The van der Waals surface area contributed by atoms with Crippen molar-refractivity contribution in [3.8, 4) is 11.3 Å². The van der Waals surface area contributed by atoms with Gasteiger partial charge in [-0.05, 0) is 29.3 Å². The Hall–Kier alpha value is -2.71. The van der Waals surface area contributed by atoms with Gasteiger partial charge in [-0.3, -0.25) is 4.98 Å². The van der Waals surface area contributed by atoms with Crippen molar-refractivity contribution >= 4 is 42.3 Å². The number of thiophene rings is 1. The number of aromatic nitrogens is 1. The molecule has 0 aliphatic rings. The number of nitrogens with zero attached hydrogens (tertiary/aromatic N) is 1. The van der Waals surface area contributed by atoms with Gasteiger partial charge in [-0.2, -0.15) is 0 Å². The smallest absolute Gasteiger partial charge is 0.0886 e. The Balaban J connectivity index is 1.93. The molecule has 0 bridgehead atoms. The van der Waals surface area contributed by atoms with E-state index in [1.54, 1.807) is 0 Å². The summed E-state index contributed by atoms with van der Waals surface area (Å²) in [5.41, 5.74) is 3.63. The van der Waals surface area contributed by atoms with Crippen LogP contribution in [0.1, 0.15) is 5.56 Å². The zero-order chi connectivity index (χ0) is 16.1. The predicted molar refractivity (Wildman–Crippen MR) is 105 cm³/mol. The maximum atomic E-state index is 4.76. The molecule has 0 N–H and O–H groups in total. The van der Waals surface area contributed by atoms with Gasteiger partial charge in [0.1, 0.15) is 0 Å². The van der Waals surface area contributed by atoms with E-state index in [9.17, 15) is 0 Å². The predicted octanol–water partition coefficient (Wildman–Crippen LogP) is 6.58. The number of pyridine rings is 1. The van der Waals surface area contributed by atoms with Crippen molar-refractivity contribution in [1.29, 1.82) is 0 Å². The van der Waals surface area contributed by atoms with E-state index in [0.717, 1.165) is 5.69 Å². The molecule has 0 fully saturated rings. The van der Waals surface area contributed by atoms with Crippen LogP contribution >= 0.6 is 11.3 Å². The van der Waals surface area contributed by atoms with Crippen LogP contribution in [0.5, 0.6) is 0 Å². The van der Waals surface area contributed by atoms with Gasteiger partial charge in [0.05, 0.1) is 10.4 Å². The molecule has 2 heteroatoms. The lowest BCUT2D eigenvalue weighted by atomic mass is 10.0. The molecule has 0 unspecified atom stereocenters. The quantitative estimate of drug-likeness (QED) is 0.339. The van der Waals surface area contributed by atoms with E-state index in [2.05, 4.69) is 73.7 Å². The Morgan fingerprint density at radius 1 is 0.708 bits per heavy atom. The highest BCUT2D eigenvalue weighted by atomic mass is 32.1. The molecule has 0 saturated heterocycles. The Morgan fingerprint density at radius 3 is 2.42 bits per heavy atom. The maximum Gasteiger partial charge on any atom is 0.0886 e. The molecule has 114 valence electrons. The minimum Gasteiger partial charge on any atom is -0.255 e. The van der Waals surface area contributed by atoms with Crippen LogP contribution in [-0.2, 0) is 0 Å². The van der Waals surface area contributed by atoms with E-state index in [1.165, 1.54) is 42.1 Å². The van der Waals surface area contributed by atoms with Crippen LogP contribution in [-0.4, -0.2) is 4.98 Å². The largest absolute Gasteiger partial charge is 0.255 e. The molecule has 2 aromatic heterocycles.